The van der Waals surface area contributed by atoms with Crippen LogP contribution >= 0.6 is 23.2 Å². The Labute approximate surface area is 193 Å². The van der Waals surface area contributed by atoms with E-state index in [0.717, 1.165) is 0 Å². The van der Waals surface area contributed by atoms with E-state index in [4.69, 9.17) is 32.7 Å². The van der Waals surface area contributed by atoms with Gasteiger partial charge in [0.1, 0.15) is 5.82 Å². The van der Waals surface area contributed by atoms with Gasteiger partial charge in [-0.2, -0.15) is 5.10 Å². The lowest BCUT2D eigenvalue weighted by Gasteiger charge is -2.12. The summed E-state index contributed by atoms with van der Waals surface area (Å²) in [5.41, 5.74) is 2.84. The molecule has 0 aliphatic heterocycles. The summed E-state index contributed by atoms with van der Waals surface area (Å²) in [6.07, 6.45) is 1.35. The number of amides is 1. The molecule has 0 saturated carbocycles. The van der Waals surface area contributed by atoms with E-state index in [9.17, 15) is 14.0 Å². The quantitative estimate of drug-likeness (QED) is 0.212. The Bertz CT molecular complexity index is 1180. The zero-order valence-corrected chi connectivity index (χ0v) is 18.3. The molecule has 0 fully saturated rings. The van der Waals surface area contributed by atoms with Crippen LogP contribution in [-0.4, -0.2) is 24.7 Å². The van der Waals surface area contributed by atoms with Gasteiger partial charge in [-0.05, 0) is 61.0 Å². The minimum Gasteiger partial charge on any atom is -0.490 e. The van der Waals surface area contributed by atoms with Crippen molar-refractivity contribution >= 4 is 41.3 Å². The van der Waals surface area contributed by atoms with Crippen LogP contribution in [0.1, 0.15) is 33.2 Å². The van der Waals surface area contributed by atoms with Crippen molar-refractivity contribution in [1.82, 2.24) is 5.43 Å². The van der Waals surface area contributed by atoms with Crippen LogP contribution in [0.5, 0.6) is 11.5 Å². The summed E-state index contributed by atoms with van der Waals surface area (Å²) in [4.78, 5) is 24.5. The summed E-state index contributed by atoms with van der Waals surface area (Å²) in [6.45, 7) is 2.09. The van der Waals surface area contributed by atoms with Crippen LogP contribution in [0.25, 0.3) is 0 Å². The molecule has 0 aliphatic rings. The first kappa shape index (κ1) is 23.2. The van der Waals surface area contributed by atoms with Crippen molar-refractivity contribution in [2.24, 2.45) is 5.10 Å². The second kappa shape index (κ2) is 10.7. The molecular formula is C23H17Cl2FN2O4. The van der Waals surface area contributed by atoms with Gasteiger partial charge in [0, 0.05) is 5.02 Å². The molecule has 9 heteroatoms. The Morgan fingerprint density at radius 2 is 1.81 bits per heavy atom. The van der Waals surface area contributed by atoms with Crippen LogP contribution in [-0.2, 0) is 0 Å². The van der Waals surface area contributed by atoms with Crippen LogP contribution in [0.3, 0.4) is 0 Å². The highest BCUT2D eigenvalue weighted by Crippen LogP contribution is 2.30. The lowest BCUT2D eigenvalue weighted by atomic mass is 10.2. The highest BCUT2D eigenvalue weighted by molar-refractivity contribution is 6.36. The van der Waals surface area contributed by atoms with Gasteiger partial charge in [0.05, 0.1) is 29.0 Å². The third kappa shape index (κ3) is 5.84. The largest absolute Gasteiger partial charge is 0.490 e. The number of hydrogen-bond donors (Lipinski definition) is 1. The lowest BCUT2D eigenvalue weighted by Crippen LogP contribution is -2.18. The van der Waals surface area contributed by atoms with Crippen LogP contribution in [0.15, 0.2) is 65.8 Å². The van der Waals surface area contributed by atoms with Gasteiger partial charge >= 0.3 is 5.97 Å². The zero-order valence-electron chi connectivity index (χ0n) is 16.8. The van der Waals surface area contributed by atoms with Crippen LogP contribution < -0.4 is 14.9 Å². The first-order valence-electron chi connectivity index (χ1n) is 9.41. The number of nitrogens with one attached hydrogen (secondary N) is 1. The van der Waals surface area contributed by atoms with Gasteiger partial charge in [-0.15, -0.1) is 0 Å². The van der Waals surface area contributed by atoms with Crippen LogP contribution in [0, 0.1) is 5.82 Å². The molecule has 3 aromatic carbocycles. The Balaban J connectivity index is 1.74. The molecule has 0 atom stereocenters. The Kier molecular flexibility index (Phi) is 7.81. The van der Waals surface area contributed by atoms with Gasteiger partial charge in [0.25, 0.3) is 5.91 Å². The second-order valence-electron chi connectivity index (χ2n) is 6.33. The molecule has 0 heterocycles. The van der Waals surface area contributed by atoms with Gasteiger partial charge in [-0.3, -0.25) is 4.79 Å². The van der Waals surface area contributed by atoms with Crippen molar-refractivity contribution in [3.63, 3.8) is 0 Å². The van der Waals surface area contributed by atoms with E-state index in [1.54, 1.807) is 25.1 Å². The van der Waals surface area contributed by atoms with E-state index in [0.29, 0.717) is 17.2 Å². The number of nitrogens with zero attached hydrogens (tertiary/aromatic N) is 1. The van der Waals surface area contributed by atoms with Crippen molar-refractivity contribution in [2.45, 2.75) is 6.92 Å². The van der Waals surface area contributed by atoms with E-state index in [-0.39, 0.29) is 27.6 Å². The minimum absolute atomic E-state index is 0.122. The van der Waals surface area contributed by atoms with E-state index < -0.39 is 17.7 Å². The fourth-order valence-electron chi connectivity index (χ4n) is 2.64. The van der Waals surface area contributed by atoms with Gasteiger partial charge in [0.15, 0.2) is 11.5 Å². The fourth-order valence-corrected chi connectivity index (χ4v) is 3.12. The Morgan fingerprint density at radius 1 is 1.03 bits per heavy atom. The number of rotatable bonds is 7. The molecule has 0 spiro atoms. The Hall–Kier alpha value is -3.42. The highest BCUT2D eigenvalue weighted by atomic mass is 35.5. The molecule has 164 valence electrons. The SMILES string of the molecule is CCOc1cc(/C=N/NC(=O)c2ccccc2F)ccc1OC(=O)c1ccc(Cl)cc1Cl. The average Bonchev–Trinajstić information content (AvgIpc) is 2.75. The van der Waals surface area contributed by atoms with E-state index in [2.05, 4.69) is 10.5 Å². The van der Waals surface area contributed by atoms with E-state index >= 15 is 0 Å². The molecule has 0 unspecified atom stereocenters. The summed E-state index contributed by atoms with van der Waals surface area (Å²) >= 11 is 11.9. The molecule has 32 heavy (non-hydrogen) atoms. The molecule has 0 aliphatic carbocycles. The van der Waals surface area contributed by atoms with Crippen molar-refractivity contribution in [2.75, 3.05) is 6.61 Å². The fraction of sp³-hybridized carbons (Fsp3) is 0.0870. The third-order valence-electron chi connectivity index (χ3n) is 4.12. The van der Waals surface area contributed by atoms with Gasteiger partial charge < -0.3 is 9.47 Å². The lowest BCUT2D eigenvalue weighted by molar-refractivity contribution is 0.0728. The molecule has 6 nitrogen and oxygen atoms in total. The molecule has 3 rings (SSSR count). The third-order valence-corrected chi connectivity index (χ3v) is 4.67. The van der Waals surface area contributed by atoms with Gasteiger partial charge in [-0.1, -0.05) is 35.3 Å². The van der Waals surface area contributed by atoms with Crippen LogP contribution in [0.4, 0.5) is 4.39 Å². The first-order chi connectivity index (χ1) is 15.4. The molecule has 3 aromatic rings. The zero-order chi connectivity index (χ0) is 23.1. The number of esters is 1. The van der Waals surface area contributed by atoms with Crippen molar-refractivity contribution in [3.05, 3.63) is 93.2 Å². The molecule has 0 radical (unpaired) electrons. The summed E-state index contributed by atoms with van der Waals surface area (Å²) in [5, 5.41) is 4.39. The number of hydrogen-bond acceptors (Lipinski definition) is 5. The minimum atomic E-state index is -0.685. The predicted octanol–water partition coefficient (Wildman–Crippen LogP) is 5.51. The summed E-state index contributed by atoms with van der Waals surface area (Å²) < 4.78 is 24.6. The smallest absolute Gasteiger partial charge is 0.345 e. The summed E-state index contributed by atoms with van der Waals surface area (Å²) in [5.74, 6) is -1.54. The number of carbonyl (C=O) groups is 2. The number of ether oxygens (including phenoxy) is 2. The topological polar surface area (TPSA) is 77.0 Å². The molecule has 0 aromatic heterocycles. The normalized spacial score (nSPS) is 10.8. The Morgan fingerprint density at radius 3 is 2.53 bits per heavy atom. The maximum atomic E-state index is 13.7. The van der Waals surface area contributed by atoms with Crippen molar-refractivity contribution in [3.8, 4) is 11.5 Å². The summed E-state index contributed by atoms with van der Waals surface area (Å²) in [6, 6.07) is 14.7. The standard InChI is InChI=1S/C23H17Cl2FN2O4/c1-2-31-21-11-14(13-27-28-22(29)17-5-3-4-6-19(17)26)7-10-20(21)32-23(30)16-9-8-15(24)12-18(16)25/h3-13H,2H2,1H3,(H,28,29)/b27-13+. The number of hydrazone groups is 1. The second-order valence-corrected chi connectivity index (χ2v) is 7.18. The number of carbonyl (C=O) groups excluding carboxylic acids is 2. The first-order valence-corrected chi connectivity index (χ1v) is 10.2. The summed E-state index contributed by atoms with van der Waals surface area (Å²) in [7, 11) is 0. The van der Waals surface area contributed by atoms with E-state index in [1.165, 1.54) is 48.7 Å². The van der Waals surface area contributed by atoms with Gasteiger partial charge in [-0.25, -0.2) is 14.6 Å². The molecule has 1 N–H and O–H groups in total. The number of benzene rings is 3. The molecule has 1 amide bonds. The maximum absolute atomic E-state index is 13.7. The number of halogens is 3. The van der Waals surface area contributed by atoms with Crippen molar-refractivity contribution in [1.29, 1.82) is 0 Å². The highest BCUT2D eigenvalue weighted by Gasteiger charge is 2.16. The molecule has 0 saturated heterocycles. The monoisotopic (exact) mass is 474 g/mol. The molecule has 0 bridgehead atoms. The van der Waals surface area contributed by atoms with Crippen LogP contribution in [0.2, 0.25) is 10.0 Å². The average molecular weight is 475 g/mol. The van der Waals surface area contributed by atoms with Gasteiger partial charge in [0.2, 0.25) is 0 Å². The molecular weight excluding hydrogens is 458 g/mol. The van der Waals surface area contributed by atoms with E-state index in [1.807, 2.05) is 0 Å². The predicted molar refractivity (Wildman–Crippen MR) is 120 cm³/mol. The maximum Gasteiger partial charge on any atom is 0.345 e. The van der Waals surface area contributed by atoms with Crippen molar-refractivity contribution < 1.29 is 23.5 Å².